The molecule has 0 saturated heterocycles. The molecule has 3 nitrogen and oxygen atoms in total. The molecular formula is C9H7BrCl2O3S. The third-order valence-electron chi connectivity index (χ3n) is 1.84. The molecular weight excluding hydrogens is 339 g/mol. The van der Waals surface area contributed by atoms with Crippen molar-refractivity contribution in [1.29, 1.82) is 0 Å². The van der Waals surface area contributed by atoms with Gasteiger partial charge >= 0.3 is 0 Å². The van der Waals surface area contributed by atoms with E-state index in [0.717, 1.165) is 6.26 Å². The second kappa shape index (κ2) is 4.64. The van der Waals surface area contributed by atoms with E-state index in [4.69, 9.17) is 23.2 Å². The number of ketones is 1. The molecule has 0 heterocycles. The van der Waals surface area contributed by atoms with E-state index in [1.54, 1.807) is 0 Å². The standard InChI is InChI=1S/C9H7BrCl2O3S/c1-16(14,15)9(10,12)8(13)6-2-4-7(11)5-3-6/h2-5H,1H3. The highest BCUT2D eigenvalue weighted by Crippen LogP contribution is 2.33. The molecule has 0 bridgehead atoms. The Balaban J connectivity index is 3.18. The fourth-order valence-electron chi connectivity index (χ4n) is 0.938. The van der Waals surface area contributed by atoms with E-state index in [9.17, 15) is 13.2 Å². The largest absolute Gasteiger partial charge is 0.290 e. The molecule has 0 aliphatic heterocycles. The summed E-state index contributed by atoms with van der Waals surface area (Å²) in [5.41, 5.74) is 0.168. The van der Waals surface area contributed by atoms with Crippen LogP contribution in [0.3, 0.4) is 0 Å². The number of halogens is 3. The number of hydrogen-bond acceptors (Lipinski definition) is 3. The summed E-state index contributed by atoms with van der Waals surface area (Å²) in [6.07, 6.45) is 0.878. The zero-order valence-corrected chi connectivity index (χ0v) is 12.0. The van der Waals surface area contributed by atoms with Crippen molar-refractivity contribution in [2.75, 3.05) is 6.26 Å². The Labute approximate surface area is 112 Å². The van der Waals surface area contributed by atoms with Crippen molar-refractivity contribution in [3.8, 4) is 0 Å². The summed E-state index contributed by atoms with van der Waals surface area (Å²) in [5, 5.41) is 0.450. The van der Waals surface area contributed by atoms with Gasteiger partial charge in [-0.3, -0.25) is 4.79 Å². The Morgan fingerprint density at radius 2 is 1.75 bits per heavy atom. The van der Waals surface area contributed by atoms with Crippen LogP contribution in [0.15, 0.2) is 24.3 Å². The SMILES string of the molecule is CS(=O)(=O)C(Cl)(Br)C(=O)c1ccc(Cl)cc1. The minimum absolute atomic E-state index is 0.168. The van der Waals surface area contributed by atoms with Gasteiger partial charge in [0.05, 0.1) is 0 Å². The summed E-state index contributed by atoms with van der Waals surface area (Å²) in [6, 6.07) is 5.79. The Morgan fingerprint density at radius 3 is 2.12 bits per heavy atom. The van der Waals surface area contributed by atoms with E-state index >= 15 is 0 Å². The van der Waals surface area contributed by atoms with Crippen LogP contribution in [0.4, 0.5) is 0 Å². The molecule has 0 aromatic heterocycles. The minimum Gasteiger partial charge on any atom is -0.290 e. The van der Waals surface area contributed by atoms with Crippen molar-refractivity contribution in [1.82, 2.24) is 0 Å². The molecule has 0 N–H and O–H groups in total. The van der Waals surface area contributed by atoms with E-state index in [1.807, 2.05) is 0 Å². The van der Waals surface area contributed by atoms with Gasteiger partial charge < -0.3 is 0 Å². The van der Waals surface area contributed by atoms with E-state index < -0.39 is 18.7 Å². The molecule has 0 aliphatic carbocycles. The first-order valence-electron chi connectivity index (χ1n) is 4.04. The molecule has 0 aliphatic rings. The van der Waals surface area contributed by atoms with Crippen molar-refractivity contribution >= 4 is 54.8 Å². The first kappa shape index (κ1) is 14.0. The molecule has 1 rings (SSSR count). The highest BCUT2D eigenvalue weighted by atomic mass is 79.9. The third kappa shape index (κ3) is 2.77. The van der Waals surface area contributed by atoms with Crippen LogP contribution < -0.4 is 0 Å². The van der Waals surface area contributed by atoms with Crippen molar-refractivity contribution in [3.05, 3.63) is 34.9 Å². The topological polar surface area (TPSA) is 51.2 Å². The second-order valence-corrected chi connectivity index (χ2v) is 8.68. The number of carbonyl (C=O) groups excluding carboxylic acids is 1. The van der Waals surface area contributed by atoms with Gasteiger partial charge in [0, 0.05) is 16.8 Å². The number of benzene rings is 1. The third-order valence-corrected chi connectivity index (χ3v) is 6.34. The lowest BCUT2D eigenvalue weighted by atomic mass is 10.1. The number of sulfone groups is 1. The molecule has 1 aromatic carbocycles. The normalized spacial score (nSPS) is 15.5. The molecule has 7 heteroatoms. The number of hydrogen-bond donors (Lipinski definition) is 0. The molecule has 0 amide bonds. The maximum atomic E-state index is 11.8. The molecule has 0 spiro atoms. The van der Waals surface area contributed by atoms with E-state index in [1.165, 1.54) is 24.3 Å². The lowest BCUT2D eigenvalue weighted by Gasteiger charge is -2.16. The van der Waals surface area contributed by atoms with Crippen molar-refractivity contribution < 1.29 is 13.2 Å². The predicted molar refractivity (Wildman–Crippen MR) is 68.1 cm³/mol. The van der Waals surface area contributed by atoms with Crippen LogP contribution in [-0.4, -0.2) is 23.6 Å². The molecule has 88 valence electrons. The van der Waals surface area contributed by atoms with Crippen molar-refractivity contribution in [2.24, 2.45) is 0 Å². The number of rotatable bonds is 3. The maximum Gasteiger partial charge on any atom is 0.261 e. The average molecular weight is 346 g/mol. The summed E-state index contributed by atoms with van der Waals surface area (Å²) >= 11 is 14.0. The quantitative estimate of drug-likeness (QED) is 0.625. The molecule has 0 fully saturated rings. The van der Waals surface area contributed by atoms with Crippen LogP contribution in [0.5, 0.6) is 0 Å². The van der Waals surface area contributed by atoms with Gasteiger partial charge in [0.2, 0.25) is 5.78 Å². The van der Waals surface area contributed by atoms with Gasteiger partial charge in [-0.2, -0.15) is 0 Å². The van der Waals surface area contributed by atoms with Crippen molar-refractivity contribution in [2.45, 2.75) is 3.12 Å². The average Bonchev–Trinajstić information content (AvgIpc) is 2.16. The van der Waals surface area contributed by atoms with E-state index in [2.05, 4.69) is 15.9 Å². The van der Waals surface area contributed by atoms with Gasteiger partial charge in [-0.15, -0.1) is 0 Å². The Bertz CT molecular complexity index is 508. The summed E-state index contributed by atoms with van der Waals surface area (Å²) < 4.78 is 20.5. The minimum atomic E-state index is -3.76. The van der Waals surface area contributed by atoms with Crippen LogP contribution in [0.2, 0.25) is 5.02 Å². The van der Waals surface area contributed by atoms with E-state index in [-0.39, 0.29) is 5.56 Å². The maximum absolute atomic E-state index is 11.8. The van der Waals surface area contributed by atoms with Gasteiger partial charge in [-0.05, 0) is 40.2 Å². The highest BCUT2D eigenvalue weighted by Gasteiger charge is 2.44. The fourth-order valence-corrected chi connectivity index (χ4v) is 1.86. The van der Waals surface area contributed by atoms with Crippen LogP contribution in [-0.2, 0) is 9.84 Å². The molecule has 1 aromatic rings. The Morgan fingerprint density at radius 1 is 1.31 bits per heavy atom. The smallest absolute Gasteiger partial charge is 0.261 e. The zero-order chi connectivity index (χ0) is 12.6. The lowest BCUT2D eigenvalue weighted by Crippen LogP contribution is -2.34. The van der Waals surface area contributed by atoms with Gasteiger partial charge in [0.1, 0.15) is 0 Å². The second-order valence-electron chi connectivity index (χ2n) is 3.12. The lowest BCUT2D eigenvalue weighted by molar-refractivity contribution is 0.1000. The summed E-state index contributed by atoms with van der Waals surface area (Å²) in [4.78, 5) is 11.8. The Hall–Kier alpha value is -0.100. The van der Waals surface area contributed by atoms with Crippen LogP contribution in [0.25, 0.3) is 0 Å². The molecule has 16 heavy (non-hydrogen) atoms. The van der Waals surface area contributed by atoms with Gasteiger partial charge in [-0.25, -0.2) is 8.42 Å². The number of Topliss-reactive ketones (excluding diaryl/α,β-unsaturated/α-hetero) is 1. The first-order chi connectivity index (χ1) is 7.16. The first-order valence-corrected chi connectivity index (χ1v) is 7.48. The fraction of sp³-hybridized carbons (Fsp3) is 0.222. The highest BCUT2D eigenvalue weighted by molar-refractivity contribution is 9.12. The zero-order valence-electron chi connectivity index (χ0n) is 8.08. The molecule has 1 unspecified atom stereocenters. The summed E-state index contributed by atoms with van der Waals surface area (Å²) in [7, 11) is -3.76. The summed E-state index contributed by atoms with van der Waals surface area (Å²) in [5.74, 6) is -0.742. The van der Waals surface area contributed by atoms with Crippen LogP contribution >= 0.6 is 39.1 Å². The van der Waals surface area contributed by atoms with E-state index in [0.29, 0.717) is 5.02 Å². The van der Waals surface area contributed by atoms with Gasteiger partial charge in [-0.1, -0.05) is 23.2 Å². The summed E-state index contributed by atoms with van der Waals surface area (Å²) in [6.45, 7) is 0. The van der Waals surface area contributed by atoms with Crippen LogP contribution in [0.1, 0.15) is 10.4 Å². The number of alkyl halides is 2. The number of carbonyl (C=O) groups is 1. The molecule has 0 saturated carbocycles. The van der Waals surface area contributed by atoms with Crippen molar-refractivity contribution in [3.63, 3.8) is 0 Å². The van der Waals surface area contributed by atoms with Gasteiger partial charge in [0.25, 0.3) is 3.12 Å². The molecule has 0 radical (unpaired) electrons. The van der Waals surface area contributed by atoms with Gasteiger partial charge in [0.15, 0.2) is 9.84 Å². The monoisotopic (exact) mass is 344 g/mol. The molecule has 1 atom stereocenters. The Kier molecular flexibility index (Phi) is 4.05. The van der Waals surface area contributed by atoms with Crippen LogP contribution in [0, 0.1) is 0 Å². The predicted octanol–water partition coefficient (Wildman–Crippen LogP) is 2.85.